The van der Waals surface area contributed by atoms with Gasteiger partial charge in [0.05, 0.1) is 0 Å². The second kappa shape index (κ2) is 4.79. The molecule has 98 valence electrons. The molecule has 0 unspecified atom stereocenters. The fourth-order valence-corrected chi connectivity index (χ4v) is 2.50. The Hall–Kier alpha value is -2.24. The van der Waals surface area contributed by atoms with Crippen LogP contribution in [0.2, 0.25) is 0 Å². The summed E-state index contributed by atoms with van der Waals surface area (Å²) < 4.78 is 1.76. The minimum atomic E-state index is -0.826. The molecule has 0 amide bonds. The molecular formula is C13H14N4O2. The van der Waals surface area contributed by atoms with E-state index in [2.05, 4.69) is 15.2 Å². The van der Waals surface area contributed by atoms with Crippen LogP contribution >= 0.6 is 0 Å². The first-order chi connectivity index (χ1) is 9.27. The number of carboxylic acids is 1. The summed E-state index contributed by atoms with van der Waals surface area (Å²) in [5.41, 5.74) is 0.800. The van der Waals surface area contributed by atoms with E-state index in [0.717, 1.165) is 30.7 Å². The van der Waals surface area contributed by atoms with E-state index in [0.29, 0.717) is 12.2 Å². The molecule has 0 saturated carbocycles. The molecule has 1 aliphatic rings. The van der Waals surface area contributed by atoms with Crippen LogP contribution in [0, 0.1) is 0 Å². The van der Waals surface area contributed by atoms with Gasteiger partial charge < -0.3 is 5.11 Å². The first-order valence-corrected chi connectivity index (χ1v) is 6.34. The van der Waals surface area contributed by atoms with Gasteiger partial charge in [0.2, 0.25) is 0 Å². The number of carboxylic acid groups (broad SMARTS) is 1. The van der Waals surface area contributed by atoms with Crippen molar-refractivity contribution in [3.8, 4) is 11.4 Å². The largest absolute Gasteiger partial charge is 0.480 e. The van der Waals surface area contributed by atoms with Gasteiger partial charge in [0.25, 0.3) is 0 Å². The van der Waals surface area contributed by atoms with E-state index in [9.17, 15) is 9.90 Å². The van der Waals surface area contributed by atoms with E-state index in [1.807, 2.05) is 12.1 Å². The molecule has 0 spiro atoms. The van der Waals surface area contributed by atoms with Gasteiger partial charge in [-0.25, -0.2) is 4.79 Å². The quantitative estimate of drug-likeness (QED) is 0.886. The van der Waals surface area contributed by atoms with Crippen molar-refractivity contribution in [1.82, 2.24) is 19.7 Å². The number of pyridine rings is 1. The number of aromatic nitrogens is 4. The molecule has 1 aliphatic heterocycles. The maximum absolute atomic E-state index is 11.5. The third kappa shape index (κ3) is 2.09. The number of nitrogens with zero attached hydrogens (tertiary/aromatic N) is 4. The van der Waals surface area contributed by atoms with Crippen LogP contribution in [0.3, 0.4) is 0 Å². The fraction of sp³-hybridized carbons (Fsp3) is 0.385. The van der Waals surface area contributed by atoms with Crippen LogP contribution in [0.25, 0.3) is 11.4 Å². The molecular weight excluding hydrogens is 244 g/mol. The Morgan fingerprint density at radius 2 is 2.26 bits per heavy atom. The second-order valence-corrected chi connectivity index (χ2v) is 4.65. The zero-order valence-electron chi connectivity index (χ0n) is 10.4. The highest BCUT2D eigenvalue weighted by molar-refractivity contribution is 5.73. The third-order valence-electron chi connectivity index (χ3n) is 3.41. The minimum absolute atomic E-state index is 0.581. The highest BCUT2D eigenvalue weighted by atomic mass is 16.4. The Kier molecular flexibility index (Phi) is 2.98. The molecule has 0 bridgehead atoms. The van der Waals surface area contributed by atoms with Crippen LogP contribution in [-0.4, -0.2) is 30.8 Å². The van der Waals surface area contributed by atoms with Gasteiger partial charge >= 0.3 is 5.97 Å². The van der Waals surface area contributed by atoms with Crippen molar-refractivity contribution in [1.29, 1.82) is 0 Å². The molecule has 6 nitrogen and oxygen atoms in total. The van der Waals surface area contributed by atoms with E-state index in [1.165, 1.54) is 0 Å². The van der Waals surface area contributed by atoms with Crippen molar-refractivity contribution in [3.05, 3.63) is 30.4 Å². The first kappa shape index (κ1) is 11.8. The standard InChI is InChI=1S/C13H14N4O2/c18-13(19)10-5-1-2-6-11-15-16-12(17(10)11)9-4-3-7-14-8-9/h3-4,7-8,10H,1-2,5-6H2,(H,18,19)/t10-/m1/s1. The number of hydrogen-bond acceptors (Lipinski definition) is 4. The molecule has 1 atom stereocenters. The van der Waals surface area contributed by atoms with Gasteiger partial charge in [-0.1, -0.05) is 6.42 Å². The molecule has 0 aromatic carbocycles. The smallest absolute Gasteiger partial charge is 0.326 e. The average Bonchev–Trinajstić information content (AvgIpc) is 2.72. The van der Waals surface area contributed by atoms with Gasteiger partial charge in [0.15, 0.2) is 5.82 Å². The second-order valence-electron chi connectivity index (χ2n) is 4.65. The Labute approximate surface area is 110 Å². The van der Waals surface area contributed by atoms with E-state index in [1.54, 1.807) is 17.0 Å². The molecule has 3 rings (SSSR count). The molecule has 19 heavy (non-hydrogen) atoms. The van der Waals surface area contributed by atoms with Crippen molar-refractivity contribution in [2.24, 2.45) is 0 Å². The highest BCUT2D eigenvalue weighted by Crippen LogP contribution is 2.29. The number of aliphatic carboxylic acids is 1. The van der Waals surface area contributed by atoms with Crippen LogP contribution in [-0.2, 0) is 11.2 Å². The lowest BCUT2D eigenvalue weighted by molar-refractivity contribution is -0.141. The fourth-order valence-electron chi connectivity index (χ4n) is 2.50. The number of carbonyl (C=O) groups is 1. The van der Waals surface area contributed by atoms with Gasteiger partial charge in [-0.05, 0) is 25.0 Å². The Morgan fingerprint density at radius 3 is 3.00 bits per heavy atom. The van der Waals surface area contributed by atoms with Crippen LogP contribution < -0.4 is 0 Å². The minimum Gasteiger partial charge on any atom is -0.480 e. The van der Waals surface area contributed by atoms with Gasteiger partial charge in [0, 0.05) is 24.4 Å². The molecule has 0 aliphatic carbocycles. The zero-order chi connectivity index (χ0) is 13.2. The monoisotopic (exact) mass is 258 g/mol. The van der Waals surface area contributed by atoms with Crippen molar-refractivity contribution in [2.45, 2.75) is 31.7 Å². The maximum atomic E-state index is 11.5. The summed E-state index contributed by atoms with van der Waals surface area (Å²) in [4.78, 5) is 15.5. The Balaban J connectivity index is 2.13. The lowest BCUT2D eigenvalue weighted by Crippen LogP contribution is -2.20. The Bertz CT molecular complexity index is 594. The van der Waals surface area contributed by atoms with Crippen molar-refractivity contribution in [2.75, 3.05) is 0 Å². The summed E-state index contributed by atoms with van der Waals surface area (Å²) in [6.07, 6.45) is 6.60. The molecule has 3 heterocycles. The zero-order valence-corrected chi connectivity index (χ0v) is 10.4. The van der Waals surface area contributed by atoms with Crippen LogP contribution in [0.5, 0.6) is 0 Å². The molecule has 6 heteroatoms. The van der Waals surface area contributed by atoms with E-state index >= 15 is 0 Å². The van der Waals surface area contributed by atoms with Crippen molar-refractivity contribution in [3.63, 3.8) is 0 Å². The number of aryl methyl sites for hydroxylation is 1. The van der Waals surface area contributed by atoms with Gasteiger partial charge in [-0.15, -0.1) is 10.2 Å². The van der Waals surface area contributed by atoms with Crippen molar-refractivity contribution < 1.29 is 9.90 Å². The molecule has 2 aromatic rings. The summed E-state index contributed by atoms with van der Waals surface area (Å²) in [5.74, 6) is 0.522. The van der Waals surface area contributed by atoms with E-state index in [4.69, 9.17) is 0 Å². The molecule has 1 N–H and O–H groups in total. The number of hydrogen-bond donors (Lipinski definition) is 1. The highest BCUT2D eigenvalue weighted by Gasteiger charge is 2.28. The predicted octanol–water partition coefficient (Wildman–Crippen LogP) is 1.69. The molecule has 0 saturated heterocycles. The summed E-state index contributed by atoms with van der Waals surface area (Å²) >= 11 is 0. The normalized spacial score (nSPS) is 18.6. The van der Waals surface area contributed by atoms with Crippen molar-refractivity contribution >= 4 is 5.97 Å². The molecule has 0 fully saturated rings. The maximum Gasteiger partial charge on any atom is 0.326 e. The number of rotatable bonds is 2. The third-order valence-corrected chi connectivity index (χ3v) is 3.41. The lowest BCUT2D eigenvalue weighted by Gasteiger charge is -2.15. The summed E-state index contributed by atoms with van der Waals surface area (Å²) in [6.45, 7) is 0. The lowest BCUT2D eigenvalue weighted by atomic mass is 10.1. The van der Waals surface area contributed by atoms with E-state index in [-0.39, 0.29) is 0 Å². The van der Waals surface area contributed by atoms with Crippen LogP contribution in [0.4, 0.5) is 0 Å². The van der Waals surface area contributed by atoms with Gasteiger partial charge in [-0.3, -0.25) is 9.55 Å². The summed E-state index contributed by atoms with van der Waals surface area (Å²) in [6, 6.07) is 3.10. The SMILES string of the molecule is O=C(O)[C@H]1CCCCc2nnc(-c3cccnc3)n21. The molecule has 0 radical (unpaired) electrons. The Morgan fingerprint density at radius 1 is 1.37 bits per heavy atom. The summed E-state index contributed by atoms with van der Waals surface area (Å²) in [7, 11) is 0. The van der Waals surface area contributed by atoms with Gasteiger partial charge in [-0.2, -0.15) is 0 Å². The summed E-state index contributed by atoms with van der Waals surface area (Å²) in [5, 5.41) is 17.7. The van der Waals surface area contributed by atoms with E-state index < -0.39 is 12.0 Å². The van der Waals surface area contributed by atoms with Gasteiger partial charge in [0.1, 0.15) is 11.9 Å². The van der Waals surface area contributed by atoms with Crippen LogP contribution in [0.15, 0.2) is 24.5 Å². The topological polar surface area (TPSA) is 80.9 Å². The molecule has 2 aromatic heterocycles. The number of fused-ring (bicyclic) bond motifs is 1. The predicted molar refractivity (Wildman–Crippen MR) is 67.5 cm³/mol. The first-order valence-electron chi connectivity index (χ1n) is 6.34. The average molecular weight is 258 g/mol. The van der Waals surface area contributed by atoms with Crippen LogP contribution in [0.1, 0.15) is 31.1 Å².